The molecule has 12 rings (SSSR count). The quantitative estimate of drug-likeness (QED) is 0.181. The van der Waals surface area contributed by atoms with Crippen LogP contribution >= 0.6 is 0 Å². The van der Waals surface area contributed by atoms with E-state index in [9.17, 15) is 7.85 Å². The fraction of sp³-hybridized carbons (Fsp3) is 0.246. The summed E-state index contributed by atoms with van der Waals surface area (Å²) in [7, 11) is 0. The molecule has 0 spiro atoms. The van der Waals surface area contributed by atoms with Gasteiger partial charge in [-0.25, -0.2) is 4.98 Å². The zero-order valence-corrected chi connectivity index (χ0v) is 38.7. The molecule has 0 aliphatic heterocycles. The first kappa shape index (κ1) is 38.3. The van der Waals surface area contributed by atoms with Gasteiger partial charge in [-0.1, -0.05) is 152 Å². The molecule has 1 fully saturated rings. The predicted octanol–water partition coefficient (Wildman–Crippen LogP) is 16.4. The van der Waals surface area contributed by atoms with E-state index in [1.807, 2.05) is 57.3 Å². The first-order chi connectivity index (χ1) is 32.7. The van der Waals surface area contributed by atoms with Crippen molar-refractivity contribution in [1.82, 2.24) is 18.9 Å². The van der Waals surface area contributed by atoms with Gasteiger partial charge in [-0.3, -0.25) is 9.55 Å². The van der Waals surface area contributed by atoms with Crippen molar-refractivity contribution in [1.29, 1.82) is 0 Å². The average molecular weight is 863 g/mol. The third-order valence-corrected chi connectivity index (χ3v) is 14.1. The predicted molar refractivity (Wildman–Crippen MR) is 277 cm³/mol. The van der Waals surface area contributed by atoms with Crippen LogP contribution in [0, 0.1) is 5.41 Å². The molecule has 0 unspecified atom stereocenters. The number of fused-ring (bicyclic) bond motifs is 9. The minimum absolute atomic E-state index is 0.162. The van der Waals surface area contributed by atoms with E-state index < -0.39 is 11.8 Å². The SMILES string of the molecule is [2H]C([2H])(c1cc(-c2cc3c(ccc4c5cccc6c7ccccc7n(c34)c65)cn2)cc(-c2cccc3c2nc(-c2ccccc2O)n3-c2ccc(C3CCCCC3)cc2C(C)(C)C)c1)C(C)(C)C. The van der Waals surface area contributed by atoms with Crippen LogP contribution in [0.3, 0.4) is 0 Å². The van der Waals surface area contributed by atoms with Gasteiger partial charge in [0.05, 0.1) is 44.5 Å². The molecule has 66 heavy (non-hydrogen) atoms. The number of aromatic hydroxyl groups is 1. The van der Waals surface area contributed by atoms with Crippen LogP contribution in [0.2, 0.25) is 0 Å². The number of hydrogen-bond acceptors (Lipinski definition) is 3. The Labute approximate surface area is 389 Å². The van der Waals surface area contributed by atoms with Crippen LogP contribution in [0.15, 0.2) is 146 Å². The summed E-state index contributed by atoms with van der Waals surface area (Å²) >= 11 is 0. The fourth-order valence-electron chi connectivity index (χ4n) is 11.2. The lowest BCUT2D eigenvalue weighted by Gasteiger charge is -2.28. The number of imidazole rings is 1. The van der Waals surface area contributed by atoms with E-state index in [0.717, 1.165) is 55.4 Å². The first-order valence-corrected chi connectivity index (χ1v) is 23.7. The smallest absolute Gasteiger partial charge is 0.149 e. The molecular formula is C61H56N4O. The lowest BCUT2D eigenvalue weighted by Crippen LogP contribution is -2.17. The van der Waals surface area contributed by atoms with Crippen LogP contribution in [0.25, 0.3) is 99.4 Å². The molecule has 1 aliphatic carbocycles. The Hall–Kier alpha value is -6.98. The summed E-state index contributed by atoms with van der Waals surface area (Å²) in [4.78, 5) is 10.6. The normalized spacial score (nSPS) is 14.9. The number of phenols is 1. The molecule has 0 atom stereocenters. The van der Waals surface area contributed by atoms with Gasteiger partial charge in [-0.05, 0) is 107 Å². The number of hydrogen-bond donors (Lipinski definition) is 1. The molecule has 0 bridgehead atoms. The summed E-state index contributed by atoms with van der Waals surface area (Å²) in [6.07, 6.45) is 6.55. The van der Waals surface area contributed by atoms with Gasteiger partial charge in [0.15, 0.2) is 0 Å². The molecule has 0 amide bonds. The second kappa shape index (κ2) is 15.0. The second-order valence-electron chi connectivity index (χ2n) is 20.8. The third-order valence-electron chi connectivity index (χ3n) is 14.1. The third kappa shape index (κ3) is 6.57. The molecule has 0 radical (unpaired) electrons. The van der Waals surface area contributed by atoms with E-state index in [2.05, 4.69) is 133 Å². The van der Waals surface area contributed by atoms with Gasteiger partial charge in [0.1, 0.15) is 11.6 Å². The molecule has 326 valence electrons. The van der Waals surface area contributed by atoms with E-state index >= 15 is 0 Å². The van der Waals surface area contributed by atoms with Crippen LogP contribution < -0.4 is 0 Å². The highest BCUT2D eigenvalue weighted by molar-refractivity contribution is 6.27. The Kier molecular flexibility index (Phi) is 8.72. The number of benzene rings is 7. The summed E-state index contributed by atoms with van der Waals surface area (Å²) in [6.45, 7) is 12.7. The molecule has 4 aromatic heterocycles. The minimum Gasteiger partial charge on any atom is -0.507 e. The molecule has 0 saturated heterocycles. The summed E-state index contributed by atoms with van der Waals surface area (Å²) < 4.78 is 24.0. The van der Waals surface area contributed by atoms with Gasteiger partial charge in [0.25, 0.3) is 0 Å². The number of pyridine rings is 1. The maximum absolute atomic E-state index is 11.5. The average Bonchev–Trinajstić information content (AvgIpc) is 4.01. The summed E-state index contributed by atoms with van der Waals surface area (Å²) in [5.74, 6) is 1.37. The van der Waals surface area contributed by atoms with Crippen LogP contribution in [0.1, 0.15) is 99.0 Å². The van der Waals surface area contributed by atoms with Crippen molar-refractivity contribution >= 4 is 59.9 Å². The number of phenolic OH excluding ortho intramolecular Hbond substituents is 1. The van der Waals surface area contributed by atoms with Crippen molar-refractivity contribution in [2.45, 2.75) is 91.4 Å². The van der Waals surface area contributed by atoms with E-state index in [1.54, 1.807) is 6.07 Å². The van der Waals surface area contributed by atoms with Gasteiger partial charge >= 0.3 is 0 Å². The Bertz CT molecular complexity index is 3800. The molecule has 7 aromatic carbocycles. The van der Waals surface area contributed by atoms with Gasteiger partial charge < -0.3 is 9.51 Å². The zero-order valence-electron chi connectivity index (χ0n) is 40.7. The fourth-order valence-corrected chi connectivity index (χ4v) is 11.2. The van der Waals surface area contributed by atoms with Gasteiger partial charge in [-0.15, -0.1) is 0 Å². The highest BCUT2D eigenvalue weighted by atomic mass is 16.3. The first-order valence-electron chi connectivity index (χ1n) is 24.7. The van der Waals surface area contributed by atoms with Crippen molar-refractivity contribution in [3.63, 3.8) is 0 Å². The zero-order chi connectivity index (χ0) is 46.9. The van der Waals surface area contributed by atoms with Crippen LogP contribution in [-0.2, 0) is 11.8 Å². The van der Waals surface area contributed by atoms with Crippen LogP contribution in [-0.4, -0.2) is 24.0 Å². The topological polar surface area (TPSA) is 55.4 Å². The van der Waals surface area contributed by atoms with Crippen LogP contribution in [0.5, 0.6) is 5.75 Å². The van der Waals surface area contributed by atoms with Gasteiger partial charge in [-0.2, -0.15) is 0 Å². The molecule has 4 heterocycles. The standard InChI is InChI=1S/C61H56N4O/c1-60(2,3)35-37-30-41(32-42(31-37)51-34-49-40(36-62-51)26-28-47-46-22-14-21-45-44-18-10-12-23-52(44)65(57(45)46)58(47)49)43-20-15-24-54-56(43)63-59(48-19-11-13-25-55(48)66)64(54)53-29-27-39(33-50(53)61(4,5)6)38-16-8-7-9-17-38/h10-15,18-34,36,38,66H,7-9,16-17,35H2,1-6H3/i35D2. The highest BCUT2D eigenvalue weighted by Crippen LogP contribution is 2.45. The molecular weight excluding hydrogens is 805 g/mol. The molecule has 1 N–H and O–H groups in total. The van der Waals surface area contributed by atoms with E-state index in [0.29, 0.717) is 22.9 Å². The van der Waals surface area contributed by atoms with Crippen molar-refractivity contribution in [2.75, 3.05) is 0 Å². The van der Waals surface area contributed by atoms with Crippen molar-refractivity contribution in [2.24, 2.45) is 5.41 Å². The maximum atomic E-state index is 11.5. The van der Waals surface area contributed by atoms with Crippen molar-refractivity contribution in [3.8, 4) is 45.2 Å². The Morgan fingerprint density at radius 1 is 0.636 bits per heavy atom. The minimum atomic E-state index is -1.71. The monoisotopic (exact) mass is 862 g/mol. The van der Waals surface area contributed by atoms with E-state index in [-0.39, 0.29) is 11.2 Å². The summed E-state index contributed by atoms with van der Waals surface area (Å²) in [5.41, 5.74) is 12.5. The molecule has 5 heteroatoms. The van der Waals surface area contributed by atoms with E-state index in [4.69, 9.17) is 9.97 Å². The largest absolute Gasteiger partial charge is 0.507 e. The lowest BCUT2D eigenvalue weighted by atomic mass is 9.79. The summed E-state index contributed by atoms with van der Waals surface area (Å²) in [5, 5.41) is 18.5. The highest BCUT2D eigenvalue weighted by Gasteiger charge is 2.28. The van der Waals surface area contributed by atoms with Crippen LogP contribution in [0.4, 0.5) is 0 Å². The Morgan fingerprint density at radius 2 is 1.32 bits per heavy atom. The number of aromatic nitrogens is 4. The van der Waals surface area contributed by atoms with Crippen molar-refractivity contribution in [3.05, 3.63) is 162 Å². The number of rotatable bonds is 6. The molecule has 5 nitrogen and oxygen atoms in total. The van der Waals surface area contributed by atoms with E-state index in [1.165, 1.54) is 75.8 Å². The summed E-state index contributed by atoms with van der Waals surface area (Å²) in [6, 6.07) is 48.9. The maximum Gasteiger partial charge on any atom is 0.149 e. The molecule has 1 saturated carbocycles. The molecule has 1 aliphatic rings. The molecule has 11 aromatic rings. The number of para-hydroxylation sites is 4. The lowest BCUT2D eigenvalue weighted by molar-refractivity contribution is 0.411. The van der Waals surface area contributed by atoms with Crippen molar-refractivity contribution < 1.29 is 7.85 Å². The second-order valence-corrected chi connectivity index (χ2v) is 20.8. The van der Waals surface area contributed by atoms with Gasteiger partial charge in [0.2, 0.25) is 0 Å². The van der Waals surface area contributed by atoms with Gasteiger partial charge in [0, 0.05) is 52.4 Å². The Morgan fingerprint density at radius 3 is 2.12 bits per heavy atom. The number of nitrogens with zero attached hydrogens (tertiary/aromatic N) is 4. The Balaban J connectivity index is 1.11.